The van der Waals surface area contributed by atoms with Crippen LogP contribution in [0.25, 0.3) is 0 Å². The van der Waals surface area contributed by atoms with Crippen LogP contribution in [0.3, 0.4) is 0 Å². The van der Waals surface area contributed by atoms with Crippen molar-refractivity contribution in [1.29, 1.82) is 0 Å². The van der Waals surface area contributed by atoms with Gasteiger partial charge in [0.1, 0.15) is 17.5 Å². The van der Waals surface area contributed by atoms with Gasteiger partial charge in [-0.2, -0.15) is 5.10 Å². The molecule has 0 spiro atoms. The van der Waals surface area contributed by atoms with Gasteiger partial charge in [0.25, 0.3) is 0 Å². The van der Waals surface area contributed by atoms with Crippen molar-refractivity contribution in [2.24, 2.45) is 0 Å². The number of aromatic amines is 1. The number of H-pyrrole nitrogens is 1. The van der Waals surface area contributed by atoms with Crippen LogP contribution in [0.2, 0.25) is 0 Å². The van der Waals surface area contributed by atoms with Gasteiger partial charge in [0.15, 0.2) is 4.77 Å². The first-order valence-corrected chi connectivity index (χ1v) is 7.81. The highest BCUT2D eigenvalue weighted by molar-refractivity contribution is 7.71. The molecule has 2 N–H and O–H groups in total. The smallest absolute Gasteiger partial charge is 0.195 e. The molecule has 1 fully saturated rings. The molecule has 0 atom stereocenters. The van der Waals surface area contributed by atoms with Gasteiger partial charge in [0.2, 0.25) is 0 Å². The maximum Gasteiger partial charge on any atom is 0.195 e. The number of aromatic nitrogens is 5. The van der Waals surface area contributed by atoms with Crippen LogP contribution in [0.1, 0.15) is 43.0 Å². The highest BCUT2D eigenvalue weighted by Crippen LogP contribution is 2.38. The van der Waals surface area contributed by atoms with Crippen molar-refractivity contribution in [1.82, 2.24) is 24.7 Å². The summed E-state index contributed by atoms with van der Waals surface area (Å²) in [7, 11) is 0. The number of nitrogens with zero attached hydrogens (tertiary/aromatic N) is 4. The summed E-state index contributed by atoms with van der Waals surface area (Å²) in [6.45, 7) is 5.58. The third-order valence-corrected chi connectivity index (χ3v) is 3.94. The molecular formula is C14H20N6S. The Morgan fingerprint density at radius 1 is 1.43 bits per heavy atom. The van der Waals surface area contributed by atoms with Crippen molar-refractivity contribution < 1.29 is 0 Å². The summed E-state index contributed by atoms with van der Waals surface area (Å²) in [4.78, 5) is 8.79. The molecule has 1 saturated carbocycles. The van der Waals surface area contributed by atoms with E-state index in [0.717, 1.165) is 42.7 Å². The van der Waals surface area contributed by atoms with Gasteiger partial charge in [0.05, 0.1) is 0 Å². The predicted molar refractivity (Wildman–Crippen MR) is 84.0 cm³/mol. The van der Waals surface area contributed by atoms with Gasteiger partial charge in [-0.15, -0.1) is 0 Å². The number of rotatable bonds is 6. The molecule has 2 aromatic rings. The highest BCUT2D eigenvalue weighted by atomic mass is 32.1. The normalized spacial score (nSPS) is 14.4. The minimum atomic E-state index is 0.589. The molecule has 112 valence electrons. The quantitative estimate of drug-likeness (QED) is 0.803. The predicted octanol–water partition coefficient (Wildman–Crippen LogP) is 2.59. The average molecular weight is 304 g/mol. The summed E-state index contributed by atoms with van der Waals surface area (Å²) in [5.74, 6) is 3.36. The topological polar surface area (TPSA) is 71.4 Å². The van der Waals surface area contributed by atoms with E-state index < -0.39 is 0 Å². The molecule has 0 radical (unpaired) electrons. The van der Waals surface area contributed by atoms with E-state index in [9.17, 15) is 0 Å². The van der Waals surface area contributed by atoms with E-state index in [4.69, 9.17) is 12.2 Å². The zero-order chi connectivity index (χ0) is 14.8. The van der Waals surface area contributed by atoms with Gasteiger partial charge in [-0.05, 0) is 38.4 Å². The Morgan fingerprint density at radius 2 is 2.24 bits per heavy atom. The minimum Gasteiger partial charge on any atom is -0.368 e. The van der Waals surface area contributed by atoms with Gasteiger partial charge in [-0.3, -0.25) is 5.10 Å². The van der Waals surface area contributed by atoms with Crippen molar-refractivity contribution in [3.05, 3.63) is 28.2 Å². The van der Waals surface area contributed by atoms with E-state index in [2.05, 4.69) is 37.0 Å². The van der Waals surface area contributed by atoms with Crippen LogP contribution in [-0.4, -0.2) is 31.3 Å². The first-order chi connectivity index (χ1) is 10.2. The Labute approximate surface area is 129 Å². The molecule has 3 rings (SSSR count). The number of nitrogens with one attached hydrogen (secondary N) is 2. The zero-order valence-electron chi connectivity index (χ0n) is 12.4. The monoisotopic (exact) mass is 304 g/mol. The van der Waals surface area contributed by atoms with Crippen LogP contribution in [0, 0.1) is 11.7 Å². The number of anilines is 1. The second-order valence-corrected chi connectivity index (χ2v) is 5.77. The molecule has 0 aliphatic heterocycles. The van der Waals surface area contributed by atoms with E-state index in [-0.39, 0.29) is 0 Å². The summed E-state index contributed by atoms with van der Waals surface area (Å²) in [6, 6.07) is 2.00. The summed E-state index contributed by atoms with van der Waals surface area (Å²) < 4.78 is 2.79. The van der Waals surface area contributed by atoms with Crippen molar-refractivity contribution in [2.45, 2.75) is 45.6 Å². The van der Waals surface area contributed by atoms with Gasteiger partial charge in [0, 0.05) is 30.8 Å². The second-order valence-electron chi connectivity index (χ2n) is 5.38. The summed E-state index contributed by atoms with van der Waals surface area (Å²) in [5.41, 5.74) is 1.06. The second kappa shape index (κ2) is 5.93. The number of aryl methyl sites for hydroxylation is 2. The maximum atomic E-state index is 5.30. The molecule has 1 aliphatic rings. The van der Waals surface area contributed by atoms with Gasteiger partial charge < -0.3 is 9.88 Å². The van der Waals surface area contributed by atoms with Gasteiger partial charge in [-0.1, -0.05) is 6.92 Å². The standard InChI is InChI=1S/C14H20N6S/c1-3-11-8-12(17-9(2)16-11)15-6-7-20-13(10-4-5-10)18-19-14(20)21/h8,10H,3-7H2,1-2H3,(H,19,21)(H,15,16,17). The molecule has 0 bridgehead atoms. The Balaban J connectivity index is 1.65. The molecular weight excluding hydrogens is 284 g/mol. The van der Waals surface area contributed by atoms with E-state index in [0.29, 0.717) is 10.7 Å². The van der Waals surface area contributed by atoms with Crippen LogP contribution >= 0.6 is 12.2 Å². The molecule has 2 aromatic heterocycles. The molecule has 0 saturated heterocycles. The zero-order valence-corrected chi connectivity index (χ0v) is 13.2. The van der Waals surface area contributed by atoms with Gasteiger partial charge in [-0.25, -0.2) is 9.97 Å². The third-order valence-electron chi connectivity index (χ3n) is 3.63. The van der Waals surface area contributed by atoms with Gasteiger partial charge >= 0.3 is 0 Å². The molecule has 0 unspecified atom stereocenters. The molecule has 0 amide bonds. The highest BCUT2D eigenvalue weighted by Gasteiger charge is 2.28. The first kappa shape index (κ1) is 14.2. The molecule has 21 heavy (non-hydrogen) atoms. The Kier molecular flexibility index (Phi) is 4.01. The molecule has 0 aromatic carbocycles. The lowest BCUT2D eigenvalue weighted by atomic mass is 10.3. The van der Waals surface area contributed by atoms with Crippen LogP contribution < -0.4 is 5.32 Å². The van der Waals surface area contributed by atoms with E-state index in [1.54, 1.807) is 0 Å². The van der Waals surface area contributed by atoms with Crippen LogP contribution in [0.15, 0.2) is 6.07 Å². The number of hydrogen-bond donors (Lipinski definition) is 2. The van der Waals surface area contributed by atoms with Crippen LogP contribution in [-0.2, 0) is 13.0 Å². The summed E-state index contributed by atoms with van der Waals surface area (Å²) in [5, 5.41) is 10.6. The van der Waals surface area contributed by atoms with E-state index >= 15 is 0 Å². The van der Waals surface area contributed by atoms with Crippen LogP contribution in [0.4, 0.5) is 5.82 Å². The molecule has 1 aliphatic carbocycles. The fraction of sp³-hybridized carbons (Fsp3) is 0.571. The third kappa shape index (κ3) is 3.29. The number of hydrogen-bond acceptors (Lipinski definition) is 5. The SMILES string of the molecule is CCc1cc(NCCn2c(C3CC3)n[nH]c2=S)nc(C)n1. The van der Waals surface area contributed by atoms with Crippen molar-refractivity contribution in [2.75, 3.05) is 11.9 Å². The largest absolute Gasteiger partial charge is 0.368 e. The molecule has 7 heteroatoms. The lowest BCUT2D eigenvalue weighted by molar-refractivity contribution is 0.668. The Bertz CT molecular complexity index is 685. The molecule has 6 nitrogen and oxygen atoms in total. The summed E-state index contributed by atoms with van der Waals surface area (Å²) >= 11 is 5.30. The van der Waals surface area contributed by atoms with Crippen molar-refractivity contribution >= 4 is 18.0 Å². The fourth-order valence-corrected chi connectivity index (χ4v) is 2.63. The average Bonchev–Trinajstić information content (AvgIpc) is 3.24. The lowest BCUT2D eigenvalue weighted by Crippen LogP contribution is -2.14. The molecule has 2 heterocycles. The Morgan fingerprint density at radius 3 is 2.95 bits per heavy atom. The summed E-state index contributed by atoms with van der Waals surface area (Å²) in [6.07, 6.45) is 3.35. The maximum absolute atomic E-state index is 5.30. The minimum absolute atomic E-state index is 0.589. The fourth-order valence-electron chi connectivity index (χ4n) is 2.40. The Hall–Kier alpha value is -1.76. The lowest BCUT2D eigenvalue weighted by Gasteiger charge is -2.09. The van der Waals surface area contributed by atoms with Crippen molar-refractivity contribution in [3.8, 4) is 0 Å². The van der Waals surface area contributed by atoms with E-state index in [1.807, 2.05) is 13.0 Å². The van der Waals surface area contributed by atoms with E-state index in [1.165, 1.54) is 12.8 Å². The van der Waals surface area contributed by atoms with Crippen molar-refractivity contribution in [3.63, 3.8) is 0 Å². The first-order valence-electron chi connectivity index (χ1n) is 7.41. The van der Waals surface area contributed by atoms with Crippen LogP contribution in [0.5, 0.6) is 0 Å².